The molecule has 160 valence electrons. The molecule has 0 spiro atoms. The molecule has 0 fully saturated rings. The van der Waals surface area contributed by atoms with Crippen molar-refractivity contribution in [3.63, 3.8) is 0 Å². The zero-order valence-corrected chi connectivity index (χ0v) is 20.0. The second-order valence-corrected chi connectivity index (χ2v) is 9.59. The van der Waals surface area contributed by atoms with Gasteiger partial charge in [0.05, 0.1) is 11.0 Å². The maximum atomic E-state index is 3.87. The summed E-state index contributed by atoms with van der Waals surface area (Å²) in [6.07, 6.45) is 0. The Bertz CT molecular complexity index is 1860. The monoisotopic (exact) mass is 497 g/mol. The van der Waals surface area contributed by atoms with E-state index in [1.165, 1.54) is 60.2 Å². The maximum Gasteiger partial charge on any atom is 0.0559 e. The Kier molecular flexibility index (Phi) is 4.36. The van der Waals surface area contributed by atoms with Crippen molar-refractivity contribution in [1.82, 2.24) is 4.57 Å². The molecule has 1 aromatic heterocycles. The molecule has 1 nitrogen and oxygen atoms in total. The highest BCUT2D eigenvalue weighted by Gasteiger charge is 2.18. The summed E-state index contributed by atoms with van der Waals surface area (Å²) in [5, 5.41) is 7.67. The first-order chi connectivity index (χ1) is 16.8. The number of halogens is 1. The highest BCUT2D eigenvalue weighted by atomic mass is 79.9. The first-order valence-corrected chi connectivity index (χ1v) is 12.3. The molecule has 2 heteroatoms. The number of hydrogen-bond acceptors (Lipinski definition) is 0. The lowest BCUT2D eigenvalue weighted by Gasteiger charge is -2.11. The maximum absolute atomic E-state index is 3.87. The van der Waals surface area contributed by atoms with Crippen LogP contribution in [0.2, 0.25) is 0 Å². The fourth-order valence-corrected chi connectivity index (χ4v) is 5.89. The highest BCUT2D eigenvalue weighted by Crippen LogP contribution is 2.42. The first-order valence-electron chi connectivity index (χ1n) is 11.5. The lowest BCUT2D eigenvalue weighted by Crippen LogP contribution is -1.94. The normalized spacial score (nSPS) is 11.7. The summed E-state index contributed by atoms with van der Waals surface area (Å²) in [5.41, 5.74) is 6.04. The van der Waals surface area contributed by atoms with E-state index in [1.54, 1.807) is 0 Å². The highest BCUT2D eigenvalue weighted by molar-refractivity contribution is 9.10. The predicted molar refractivity (Wildman–Crippen MR) is 149 cm³/mol. The lowest BCUT2D eigenvalue weighted by atomic mass is 10.00. The van der Waals surface area contributed by atoms with Crippen molar-refractivity contribution in [2.24, 2.45) is 0 Å². The molecule has 0 saturated heterocycles. The number of rotatable bonds is 2. The molecule has 0 aliphatic heterocycles. The summed E-state index contributed by atoms with van der Waals surface area (Å²) >= 11 is 3.87. The molecule has 1 heterocycles. The molecule has 0 atom stereocenters. The van der Waals surface area contributed by atoms with Gasteiger partial charge in [-0.1, -0.05) is 113 Å². The van der Waals surface area contributed by atoms with Gasteiger partial charge in [0.25, 0.3) is 0 Å². The van der Waals surface area contributed by atoms with Gasteiger partial charge in [-0.15, -0.1) is 0 Å². The summed E-state index contributed by atoms with van der Waals surface area (Å²) in [5.74, 6) is 0. The number of benzene rings is 6. The van der Waals surface area contributed by atoms with Gasteiger partial charge in [-0.2, -0.15) is 0 Å². The van der Waals surface area contributed by atoms with E-state index >= 15 is 0 Å². The van der Waals surface area contributed by atoms with Crippen molar-refractivity contribution in [2.45, 2.75) is 0 Å². The zero-order chi connectivity index (χ0) is 22.6. The quantitative estimate of drug-likeness (QED) is 0.224. The Labute approximate surface area is 206 Å². The van der Waals surface area contributed by atoms with Crippen LogP contribution in [0.4, 0.5) is 0 Å². The minimum atomic E-state index is 1.11. The third-order valence-electron chi connectivity index (χ3n) is 6.82. The summed E-state index contributed by atoms with van der Waals surface area (Å²) in [6.45, 7) is 0. The van der Waals surface area contributed by atoms with Gasteiger partial charge in [0.1, 0.15) is 0 Å². The summed E-state index contributed by atoms with van der Waals surface area (Å²) in [4.78, 5) is 0. The van der Waals surface area contributed by atoms with Gasteiger partial charge in [0.2, 0.25) is 0 Å². The van der Waals surface area contributed by atoms with Crippen LogP contribution in [0.1, 0.15) is 0 Å². The SMILES string of the molecule is Brc1cc2c(c3ccccc13)c1c3ccccc3ccc1n2-c1cccc(-c2ccccc2)c1. The van der Waals surface area contributed by atoms with Gasteiger partial charge in [-0.25, -0.2) is 0 Å². The van der Waals surface area contributed by atoms with E-state index in [0.29, 0.717) is 0 Å². The van der Waals surface area contributed by atoms with Crippen molar-refractivity contribution in [2.75, 3.05) is 0 Å². The van der Waals surface area contributed by atoms with Gasteiger partial charge in [0.15, 0.2) is 0 Å². The van der Waals surface area contributed by atoms with Crippen molar-refractivity contribution in [3.05, 3.63) is 126 Å². The first kappa shape index (κ1) is 19.6. The topological polar surface area (TPSA) is 4.93 Å². The van der Waals surface area contributed by atoms with Gasteiger partial charge in [-0.05, 0) is 56.9 Å². The van der Waals surface area contributed by atoms with E-state index in [-0.39, 0.29) is 0 Å². The second kappa shape index (κ2) is 7.58. The third-order valence-corrected chi connectivity index (χ3v) is 7.48. The Balaban J connectivity index is 1.67. The molecule has 0 unspecified atom stereocenters. The molecule has 6 aromatic carbocycles. The van der Waals surface area contributed by atoms with Crippen LogP contribution in [0.15, 0.2) is 126 Å². The standard InChI is InChI=1S/C32H20BrN/c33-28-20-30-32(27-16-7-6-15-26(27)28)31-25-14-5-4-11-22(25)17-18-29(31)34(30)24-13-8-12-23(19-24)21-9-2-1-3-10-21/h1-20H. The molecule has 7 rings (SSSR count). The van der Waals surface area contributed by atoms with Crippen molar-refractivity contribution in [3.8, 4) is 16.8 Å². The van der Waals surface area contributed by atoms with Gasteiger partial charge in [0, 0.05) is 20.9 Å². The zero-order valence-electron chi connectivity index (χ0n) is 18.4. The number of nitrogens with zero attached hydrogens (tertiary/aromatic N) is 1. The average molecular weight is 498 g/mol. The van der Waals surface area contributed by atoms with Gasteiger partial charge < -0.3 is 4.57 Å². The summed E-state index contributed by atoms with van der Waals surface area (Å²) in [6, 6.07) is 43.6. The molecule has 0 amide bonds. The smallest absolute Gasteiger partial charge is 0.0559 e. The van der Waals surface area contributed by atoms with E-state index in [1.807, 2.05) is 0 Å². The van der Waals surface area contributed by atoms with E-state index in [9.17, 15) is 0 Å². The van der Waals surface area contributed by atoms with Crippen LogP contribution in [0.25, 0.3) is 60.2 Å². The Morgan fingerprint density at radius 3 is 2.00 bits per heavy atom. The van der Waals surface area contributed by atoms with Gasteiger partial charge in [-0.3, -0.25) is 0 Å². The van der Waals surface area contributed by atoms with Crippen LogP contribution in [-0.2, 0) is 0 Å². The second-order valence-electron chi connectivity index (χ2n) is 8.73. The van der Waals surface area contributed by atoms with Crippen LogP contribution in [-0.4, -0.2) is 4.57 Å². The van der Waals surface area contributed by atoms with E-state index in [2.05, 4.69) is 142 Å². The molecule has 0 aliphatic carbocycles. The third kappa shape index (κ3) is 2.85. The average Bonchev–Trinajstić information content (AvgIpc) is 3.24. The molecular formula is C32H20BrN. The van der Waals surface area contributed by atoms with Crippen molar-refractivity contribution in [1.29, 1.82) is 0 Å². The summed E-state index contributed by atoms with van der Waals surface area (Å²) in [7, 11) is 0. The largest absolute Gasteiger partial charge is 0.309 e. The molecule has 34 heavy (non-hydrogen) atoms. The van der Waals surface area contributed by atoms with E-state index in [4.69, 9.17) is 0 Å². The minimum Gasteiger partial charge on any atom is -0.309 e. The molecule has 0 N–H and O–H groups in total. The number of aromatic nitrogens is 1. The predicted octanol–water partition coefficient (Wildman–Crippen LogP) is 9.52. The molecule has 7 aromatic rings. The molecule has 0 radical (unpaired) electrons. The van der Waals surface area contributed by atoms with Crippen molar-refractivity contribution < 1.29 is 0 Å². The minimum absolute atomic E-state index is 1.11. The van der Waals surface area contributed by atoms with Crippen LogP contribution >= 0.6 is 15.9 Å². The lowest BCUT2D eigenvalue weighted by molar-refractivity contribution is 1.18. The molecule has 0 saturated carbocycles. The van der Waals surface area contributed by atoms with E-state index in [0.717, 1.165) is 4.47 Å². The van der Waals surface area contributed by atoms with Crippen molar-refractivity contribution >= 4 is 59.3 Å². The number of fused-ring (bicyclic) bond motifs is 7. The van der Waals surface area contributed by atoms with E-state index < -0.39 is 0 Å². The molecule has 0 bridgehead atoms. The Morgan fingerprint density at radius 2 is 1.15 bits per heavy atom. The van der Waals surface area contributed by atoms with Crippen LogP contribution in [0.5, 0.6) is 0 Å². The Hall–Kier alpha value is -3.88. The van der Waals surface area contributed by atoms with Crippen LogP contribution in [0.3, 0.4) is 0 Å². The summed E-state index contributed by atoms with van der Waals surface area (Å²) < 4.78 is 3.53. The molecule has 0 aliphatic rings. The Morgan fingerprint density at radius 1 is 0.471 bits per heavy atom. The fourth-order valence-electron chi connectivity index (χ4n) is 5.33. The number of hydrogen-bond donors (Lipinski definition) is 0. The fraction of sp³-hybridized carbons (Fsp3) is 0. The molecular weight excluding hydrogens is 478 g/mol. The van der Waals surface area contributed by atoms with Crippen LogP contribution < -0.4 is 0 Å². The van der Waals surface area contributed by atoms with Crippen LogP contribution in [0, 0.1) is 0 Å². The van der Waals surface area contributed by atoms with Gasteiger partial charge >= 0.3 is 0 Å².